The molecule has 2 rings (SSSR count). The molecule has 2 aliphatic carbocycles. The van der Waals surface area contributed by atoms with E-state index in [4.69, 9.17) is 0 Å². The molecule has 1 nitrogen and oxygen atoms in total. The van der Waals surface area contributed by atoms with E-state index in [0.717, 1.165) is 42.4 Å². The van der Waals surface area contributed by atoms with Gasteiger partial charge in [0, 0.05) is 5.92 Å². The molecule has 0 heterocycles. The van der Waals surface area contributed by atoms with Gasteiger partial charge in [0.2, 0.25) is 0 Å². The zero-order valence-corrected chi connectivity index (χ0v) is 15.3. The van der Waals surface area contributed by atoms with E-state index >= 15 is 0 Å². The number of carbonyl (C=O) groups excluding carboxylic acids is 1. The van der Waals surface area contributed by atoms with Gasteiger partial charge in [-0.15, -0.1) is 0 Å². The first-order chi connectivity index (χ1) is 9.81. The monoisotopic (exact) mass is 310 g/mol. The highest BCUT2D eigenvalue weighted by Gasteiger charge is 2.28. The van der Waals surface area contributed by atoms with Crippen molar-refractivity contribution in [3.63, 3.8) is 0 Å². The van der Waals surface area contributed by atoms with Crippen LogP contribution in [0.15, 0.2) is 0 Å². The summed E-state index contributed by atoms with van der Waals surface area (Å²) in [6, 6.07) is 0. The number of Topliss-reactive ketones (excluding diaryl/α,β-unsaturated/α-hetero) is 1. The Kier molecular flexibility index (Phi) is 10.3. The number of rotatable bonds is 3. The van der Waals surface area contributed by atoms with Crippen molar-refractivity contribution >= 4 is 5.78 Å². The predicted molar refractivity (Wildman–Crippen MR) is 99.0 cm³/mol. The third kappa shape index (κ3) is 7.29. The van der Waals surface area contributed by atoms with Gasteiger partial charge in [0.25, 0.3) is 0 Å². The molecule has 1 heteroatoms. The predicted octanol–water partition coefficient (Wildman–Crippen LogP) is 6.75. The van der Waals surface area contributed by atoms with Crippen LogP contribution in [-0.4, -0.2) is 5.78 Å². The van der Waals surface area contributed by atoms with Crippen molar-refractivity contribution in [2.45, 2.75) is 93.9 Å². The van der Waals surface area contributed by atoms with Gasteiger partial charge >= 0.3 is 0 Å². The Labute approximate surface area is 140 Å². The van der Waals surface area contributed by atoms with E-state index in [1.54, 1.807) is 6.92 Å². The standard InChI is InChI=1S/C10H18O.C10H20.CH4/c1-7(2)9-4-5-10(6-9)8(3)11;1-8(2)10-6-4-9(3)5-7-10;/h7,9-10H,4-6H2,1-3H3;8-10H,4-7H2,1-3H3;1H4. The van der Waals surface area contributed by atoms with Gasteiger partial charge in [0.15, 0.2) is 0 Å². The minimum Gasteiger partial charge on any atom is -0.300 e. The number of hydrogen-bond acceptors (Lipinski definition) is 1. The summed E-state index contributed by atoms with van der Waals surface area (Å²) >= 11 is 0. The second-order valence-electron chi connectivity index (χ2n) is 8.39. The van der Waals surface area contributed by atoms with Gasteiger partial charge < -0.3 is 0 Å². The minimum atomic E-state index is 0. The highest BCUT2D eigenvalue weighted by Crippen LogP contribution is 2.35. The summed E-state index contributed by atoms with van der Waals surface area (Å²) in [6.07, 6.45) is 9.47. The fraction of sp³-hybridized carbons (Fsp3) is 0.952. The van der Waals surface area contributed by atoms with Crippen LogP contribution in [0.2, 0.25) is 0 Å². The molecule has 132 valence electrons. The molecule has 0 bridgehead atoms. The lowest BCUT2D eigenvalue weighted by atomic mass is 9.78. The topological polar surface area (TPSA) is 17.1 Å². The molecule has 0 aromatic carbocycles. The zero-order chi connectivity index (χ0) is 16.0. The van der Waals surface area contributed by atoms with Gasteiger partial charge in [-0.05, 0) is 68.6 Å². The van der Waals surface area contributed by atoms with Gasteiger partial charge in [-0.2, -0.15) is 0 Å². The third-order valence-electron chi connectivity index (χ3n) is 5.99. The summed E-state index contributed by atoms with van der Waals surface area (Å²) in [4.78, 5) is 11.0. The maximum Gasteiger partial charge on any atom is 0.132 e. The van der Waals surface area contributed by atoms with E-state index in [1.165, 1.54) is 32.1 Å². The summed E-state index contributed by atoms with van der Waals surface area (Å²) in [5, 5.41) is 0. The van der Waals surface area contributed by atoms with Crippen molar-refractivity contribution in [3.8, 4) is 0 Å². The Balaban J connectivity index is 0.000000385. The number of hydrogen-bond donors (Lipinski definition) is 0. The Morgan fingerprint density at radius 2 is 1.27 bits per heavy atom. The molecule has 0 N–H and O–H groups in total. The van der Waals surface area contributed by atoms with E-state index in [0.29, 0.717) is 11.7 Å². The summed E-state index contributed by atoms with van der Waals surface area (Å²) < 4.78 is 0. The van der Waals surface area contributed by atoms with Crippen LogP contribution in [0.5, 0.6) is 0 Å². The molecule has 0 aromatic heterocycles. The first kappa shape index (κ1) is 21.7. The molecule has 2 unspecified atom stereocenters. The summed E-state index contributed by atoms with van der Waals surface area (Å²) in [7, 11) is 0. The van der Waals surface area contributed by atoms with Crippen molar-refractivity contribution < 1.29 is 4.79 Å². The molecule has 0 amide bonds. The highest BCUT2D eigenvalue weighted by atomic mass is 16.1. The average molecular weight is 311 g/mol. The van der Waals surface area contributed by atoms with Crippen molar-refractivity contribution in [2.24, 2.45) is 35.5 Å². The number of carbonyl (C=O) groups is 1. The minimum absolute atomic E-state index is 0. The van der Waals surface area contributed by atoms with Crippen LogP contribution in [0.25, 0.3) is 0 Å². The van der Waals surface area contributed by atoms with E-state index in [2.05, 4.69) is 34.6 Å². The van der Waals surface area contributed by atoms with Crippen LogP contribution < -0.4 is 0 Å². The molecular weight excluding hydrogens is 268 g/mol. The lowest BCUT2D eigenvalue weighted by Crippen LogP contribution is -2.16. The van der Waals surface area contributed by atoms with Gasteiger partial charge in [-0.3, -0.25) is 4.79 Å². The van der Waals surface area contributed by atoms with E-state index in [9.17, 15) is 4.79 Å². The first-order valence-electron chi connectivity index (χ1n) is 9.31. The van der Waals surface area contributed by atoms with Crippen LogP contribution in [0.1, 0.15) is 93.9 Å². The molecule has 0 saturated heterocycles. The second kappa shape index (κ2) is 10.4. The molecule has 22 heavy (non-hydrogen) atoms. The molecule has 0 radical (unpaired) electrons. The molecule has 2 saturated carbocycles. The molecule has 2 aliphatic rings. The highest BCUT2D eigenvalue weighted by molar-refractivity contribution is 5.78. The fourth-order valence-electron chi connectivity index (χ4n) is 3.94. The van der Waals surface area contributed by atoms with Gasteiger partial charge in [0.1, 0.15) is 5.78 Å². The molecule has 0 aromatic rings. The molecule has 2 fully saturated rings. The van der Waals surface area contributed by atoms with Crippen molar-refractivity contribution in [2.75, 3.05) is 0 Å². The Morgan fingerprint density at radius 1 is 0.818 bits per heavy atom. The second-order valence-corrected chi connectivity index (χ2v) is 8.39. The van der Waals surface area contributed by atoms with E-state index in [1.807, 2.05) is 0 Å². The summed E-state index contributed by atoms with van der Waals surface area (Å²) in [6.45, 7) is 13.4. The molecule has 2 atom stereocenters. The van der Waals surface area contributed by atoms with Crippen LogP contribution in [0.3, 0.4) is 0 Å². The number of ketones is 1. The Bertz CT molecular complexity index is 297. The van der Waals surface area contributed by atoms with Crippen LogP contribution in [-0.2, 0) is 4.79 Å². The summed E-state index contributed by atoms with van der Waals surface area (Å²) in [5.41, 5.74) is 0. The van der Waals surface area contributed by atoms with E-state index < -0.39 is 0 Å². The lowest BCUT2D eigenvalue weighted by molar-refractivity contribution is -0.120. The van der Waals surface area contributed by atoms with E-state index in [-0.39, 0.29) is 7.43 Å². The van der Waals surface area contributed by atoms with Crippen LogP contribution in [0, 0.1) is 35.5 Å². The normalized spacial score (nSPS) is 31.5. The molecular formula is C21H42O. The maximum absolute atomic E-state index is 11.0. The smallest absolute Gasteiger partial charge is 0.132 e. The van der Waals surface area contributed by atoms with Crippen molar-refractivity contribution in [3.05, 3.63) is 0 Å². The third-order valence-corrected chi connectivity index (χ3v) is 5.99. The largest absolute Gasteiger partial charge is 0.300 e. The van der Waals surface area contributed by atoms with Gasteiger partial charge in [0.05, 0.1) is 0 Å². The van der Waals surface area contributed by atoms with Crippen molar-refractivity contribution in [1.82, 2.24) is 0 Å². The maximum atomic E-state index is 11.0. The fourth-order valence-corrected chi connectivity index (χ4v) is 3.94. The van der Waals surface area contributed by atoms with Gasteiger partial charge in [-0.1, -0.05) is 54.9 Å². The molecule has 0 aliphatic heterocycles. The quantitative estimate of drug-likeness (QED) is 0.563. The Hall–Kier alpha value is -0.330. The van der Waals surface area contributed by atoms with Crippen LogP contribution in [0.4, 0.5) is 0 Å². The van der Waals surface area contributed by atoms with Gasteiger partial charge in [-0.25, -0.2) is 0 Å². The zero-order valence-electron chi connectivity index (χ0n) is 15.3. The SMILES string of the molecule is C.CC(=O)C1CCC(C(C)C)C1.CC1CCC(C(C)C)CC1. The molecule has 0 spiro atoms. The Morgan fingerprint density at radius 3 is 1.59 bits per heavy atom. The summed E-state index contributed by atoms with van der Waals surface area (Å²) in [5.74, 6) is 5.33. The van der Waals surface area contributed by atoms with Crippen molar-refractivity contribution in [1.29, 1.82) is 0 Å². The lowest BCUT2D eigenvalue weighted by Gasteiger charge is -2.28. The average Bonchev–Trinajstić information content (AvgIpc) is 2.90. The first-order valence-corrected chi connectivity index (χ1v) is 9.31. The van der Waals surface area contributed by atoms with Crippen LogP contribution >= 0.6 is 0 Å².